The topological polar surface area (TPSA) is 29.5 Å². The number of para-hydroxylation sites is 3. The van der Waals surface area contributed by atoms with E-state index in [1.165, 1.54) is 21.9 Å². The molecule has 0 bridgehead atoms. The van der Waals surface area contributed by atoms with E-state index in [0.717, 1.165) is 144 Å². The second kappa shape index (κ2) is 21.2. The molecule has 13 aromatic carbocycles. The van der Waals surface area contributed by atoms with Gasteiger partial charge in [-0.3, -0.25) is 0 Å². The number of fused-ring (bicyclic) bond motifs is 13. The highest BCUT2D eigenvalue weighted by Crippen LogP contribution is 2.55. The number of nitrogens with zero attached hydrogens (tertiary/aromatic N) is 4. The third-order valence-electron chi connectivity index (χ3n) is 20.4. The van der Waals surface area contributed by atoms with Gasteiger partial charge >= 0.3 is 0 Å². The van der Waals surface area contributed by atoms with Crippen LogP contribution >= 0.6 is 0 Å². The van der Waals surface area contributed by atoms with Crippen LogP contribution in [0.3, 0.4) is 0 Å². The molecule has 2 aliphatic rings. The predicted octanol–water partition coefficient (Wildman–Crippen LogP) is 22.8. The monoisotopic (exact) mass is 1240 g/mol. The van der Waals surface area contributed by atoms with E-state index in [0.29, 0.717) is 5.56 Å². The van der Waals surface area contributed by atoms with E-state index in [1.54, 1.807) is 0 Å². The van der Waals surface area contributed by atoms with Gasteiger partial charge in [0.25, 0.3) is 6.71 Å². The van der Waals surface area contributed by atoms with E-state index < -0.39 is 18.2 Å². The number of hydrogen-bond donors (Lipinski definition) is 0. The van der Waals surface area contributed by atoms with Gasteiger partial charge in [0, 0.05) is 66.6 Å². The second-order valence-corrected chi connectivity index (χ2v) is 29.3. The molecule has 0 radical (unpaired) electrons. The van der Waals surface area contributed by atoms with Crippen molar-refractivity contribution in [1.29, 1.82) is 0 Å². The Bertz CT molecular complexity index is 6070. The lowest BCUT2D eigenvalue weighted by Gasteiger charge is -2.46. The minimum absolute atomic E-state index is 0.0936. The highest BCUT2D eigenvalue weighted by molar-refractivity contribution is 7.00. The molecule has 0 N–H and O–H groups in total. The summed E-state index contributed by atoms with van der Waals surface area (Å²) < 4.78 is 58.1. The summed E-state index contributed by atoms with van der Waals surface area (Å²) in [6.07, 6.45) is 0. The Kier molecular flexibility index (Phi) is 11.6. The molecule has 3 aromatic heterocycles. The fourth-order valence-corrected chi connectivity index (χ4v) is 15.6. The summed E-state index contributed by atoms with van der Waals surface area (Å²) in [5.74, 6) is 0. The molecule has 0 fully saturated rings. The first kappa shape index (κ1) is 52.3. The van der Waals surface area contributed by atoms with Crippen molar-refractivity contribution in [2.24, 2.45) is 0 Å². The first-order chi connectivity index (χ1) is 48.6. The number of rotatable bonds is 7. The molecule has 5 heterocycles. The molecule has 6 heteroatoms. The molecule has 5 nitrogen and oxygen atoms in total. The second-order valence-electron chi connectivity index (χ2n) is 29.3. The van der Waals surface area contributed by atoms with Crippen LogP contribution in [0, 0.1) is 0 Å². The summed E-state index contributed by atoms with van der Waals surface area (Å²) in [5.41, 5.74) is 24.5. The summed E-state index contributed by atoms with van der Waals surface area (Å²) in [5, 5.41) is 6.50. The van der Waals surface area contributed by atoms with E-state index in [9.17, 15) is 2.74 Å². The molecule has 0 atom stereocenters. The Morgan fingerprint density at radius 2 is 0.875 bits per heavy atom. The summed E-state index contributed by atoms with van der Waals surface area (Å²) in [7, 11) is 0. The molecular weight excluding hydrogens is 1160 g/mol. The standard InChI is InChI=1S/C90H73BN4O/c1-88(2,3)61-39-45-74-69(51-61)70-52-62(89(4,5)6)40-46-75(70)93(74)65-41-44-72-78(55-65)94(79-49-60(57-28-16-11-17-29-57)50-83-84(79)68-35-23-25-37-82(68)96-83)80-53-63(90(7,8)9)54-81-86(80)91(72)71-43-38-59(56-26-14-10-15-27-56)48-77(71)95(81)87-66(58-30-18-12-19-31-58)42-47-76-85(87)67-34-22-24-36-73(67)92(76)64-32-20-13-21-33-64/h10-55H,1-9H3/i10D,14D,15D,26D,27D. The first-order valence-corrected chi connectivity index (χ1v) is 33.5. The highest BCUT2D eigenvalue weighted by Gasteiger charge is 2.46. The van der Waals surface area contributed by atoms with Crippen molar-refractivity contribution in [3.63, 3.8) is 0 Å². The lowest BCUT2D eigenvalue weighted by Crippen LogP contribution is -2.61. The zero-order valence-electron chi connectivity index (χ0n) is 60.4. The van der Waals surface area contributed by atoms with Gasteiger partial charge in [-0.2, -0.15) is 0 Å². The smallest absolute Gasteiger partial charge is 0.252 e. The number of aromatic nitrogens is 2. The van der Waals surface area contributed by atoms with E-state index in [2.05, 4.69) is 324 Å². The van der Waals surface area contributed by atoms with Crippen molar-refractivity contribution in [2.75, 3.05) is 9.80 Å². The quantitative estimate of drug-likeness (QED) is 0.149. The summed E-state index contributed by atoms with van der Waals surface area (Å²) >= 11 is 0. The molecule has 16 aromatic rings. The van der Waals surface area contributed by atoms with Crippen molar-refractivity contribution in [1.82, 2.24) is 9.13 Å². The molecule has 0 aliphatic carbocycles. The SMILES string of the molecule is [2H]c1c([2H])c([2H])c(-c2ccc3c(c2)N(c2c(-c4ccccc4)ccc4c2c2ccccc2n4-c2ccccc2)c2cc(C(C)(C)C)cc4c2B3c2ccc(-n3c5ccc(C(C)(C)C)cc5c5cc(C(C)(C)C)ccc53)cc2N4c2cc(-c3ccccc3)cc3oc4ccccc4c23)c([2H])c1[2H]. The minimum Gasteiger partial charge on any atom is -0.456 e. The van der Waals surface area contributed by atoms with Gasteiger partial charge in [0.1, 0.15) is 11.2 Å². The highest BCUT2D eigenvalue weighted by atomic mass is 16.3. The fourth-order valence-electron chi connectivity index (χ4n) is 15.6. The minimum atomic E-state index is -0.434. The van der Waals surface area contributed by atoms with Crippen molar-refractivity contribution in [3.05, 3.63) is 296 Å². The van der Waals surface area contributed by atoms with Gasteiger partial charge in [-0.25, -0.2) is 0 Å². The van der Waals surface area contributed by atoms with Gasteiger partial charge in [0.05, 0.1) is 45.7 Å². The Balaban J connectivity index is 1.03. The van der Waals surface area contributed by atoms with Gasteiger partial charge in [0.15, 0.2) is 0 Å². The zero-order valence-corrected chi connectivity index (χ0v) is 55.4. The Morgan fingerprint density at radius 3 is 1.54 bits per heavy atom. The molecule has 2 aliphatic heterocycles. The lowest BCUT2D eigenvalue weighted by molar-refractivity contribution is 0.590. The number of benzene rings is 13. The van der Waals surface area contributed by atoms with Gasteiger partial charge in [-0.1, -0.05) is 244 Å². The lowest BCUT2D eigenvalue weighted by atomic mass is 9.33. The maximum atomic E-state index is 9.60. The van der Waals surface area contributed by atoms with Crippen molar-refractivity contribution in [3.8, 4) is 44.8 Å². The first-order valence-electron chi connectivity index (χ1n) is 36.0. The molecule has 0 spiro atoms. The van der Waals surface area contributed by atoms with Gasteiger partial charge in [-0.15, -0.1) is 0 Å². The number of anilines is 6. The van der Waals surface area contributed by atoms with Gasteiger partial charge in [0.2, 0.25) is 0 Å². The maximum absolute atomic E-state index is 9.60. The maximum Gasteiger partial charge on any atom is 0.252 e. The van der Waals surface area contributed by atoms with Crippen LogP contribution in [0.5, 0.6) is 0 Å². The van der Waals surface area contributed by atoms with Crippen molar-refractivity contribution >= 4 is 123 Å². The van der Waals surface area contributed by atoms with Crippen molar-refractivity contribution < 1.29 is 11.3 Å². The van der Waals surface area contributed by atoms with Crippen LogP contribution in [0.1, 0.15) is 85.9 Å². The summed E-state index contributed by atoms with van der Waals surface area (Å²) in [6.45, 7) is 20.2. The van der Waals surface area contributed by atoms with Crippen LogP contribution < -0.4 is 26.2 Å². The Hall–Kier alpha value is -11.1. The van der Waals surface area contributed by atoms with E-state index >= 15 is 0 Å². The molecule has 0 saturated heterocycles. The molecule has 0 amide bonds. The third kappa shape index (κ3) is 8.91. The van der Waals surface area contributed by atoms with Gasteiger partial charge < -0.3 is 23.4 Å². The fraction of sp³-hybridized carbons (Fsp3) is 0.133. The van der Waals surface area contributed by atoms with E-state index in [4.69, 9.17) is 8.53 Å². The molecule has 18 rings (SSSR count). The largest absolute Gasteiger partial charge is 0.456 e. The zero-order chi connectivity index (χ0) is 69.4. The van der Waals surface area contributed by atoms with E-state index in [1.807, 2.05) is 6.07 Å². The van der Waals surface area contributed by atoms with Crippen LogP contribution in [0.4, 0.5) is 34.1 Å². The van der Waals surface area contributed by atoms with Crippen molar-refractivity contribution in [2.45, 2.75) is 78.6 Å². The van der Waals surface area contributed by atoms with Crippen LogP contribution in [0.25, 0.3) is 110 Å². The summed E-state index contributed by atoms with van der Waals surface area (Å²) in [4.78, 5) is 5.05. The molecular formula is C90H73BN4O. The normalized spacial score (nSPS) is 13.9. The Morgan fingerprint density at radius 1 is 0.333 bits per heavy atom. The molecule has 462 valence electrons. The third-order valence-corrected chi connectivity index (χ3v) is 20.4. The van der Waals surface area contributed by atoms with Crippen LogP contribution in [-0.2, 0) is 16.2 Å². The van der Waals surface area contributed by atoms with E-state index in [-0.39, 0.29) is 40.6 Å². The Labute approximate surface area is 568 Å². The molecule has 0 saturated carbocycles. The summed E-state index contributed by atoms with van der Waals surface area (Å²) in [6, 6.07) is 88.8. The van der Waals surface area contributed by atoms with Crippen LogP contribution in [-0.4, -0.2) is 15.8 Å². The average molecular weight is 1240 g/mol. The molecule has 0 unspecified atom stereocenters. The van der Waals surface area contributed by atoms with Gasteiger partial charge in [-0.05, 0) is 174 Å². The molecule has 96 heavy (non-hydrogen) atoms. The van der Waals surface area contributed by atoms with Crippen LogP contribution in [0.15, 0.2) is 283 Å². The number of furan rings is 1. The number of hydrogen-bond acceptors (Lipinski definition) is 3. The van der Waals surface area contributed by atoms with Crippen LogP contribution in [0.2, 0.25) is 0 Å². The average Bonchev–Trinajstić information content (AvgIpc) is 1.67. The predicted molar refractivity (Wildman–Crippen MR) is 409 cm³/mol.